The minimum Gasteiger partial charge on any atom is -0.446 e. The molecule has 0 saturated carbocycles. The maximum atomic E-state index is 11.8. The number of carbonyl (C=O) groups is 2. The Hall–Kier alpha value is -2.37. The van der Waals surface area contributed by atoms with Gasteiger partial charge in [-0.2, -0.15) is 42.8 Å². The van der Waals surface area contributed by atoms with Crippen molar-refractivity contribution in [3.63, 3.8) is 0 Å². The molecule has 0 aliphatic carbocycles. The predicted molar refractivity (Wildman–Crippen MR) is 151 cm³/mol. The van der Waals surface area contributed by atoms with E-state index in [-0.39, 0.29) is 44.8 Å². The molecular weight excluding hydrogens is 605 g/mol. The number of nitrogens with zero attached hydrogens (tertiary/aromatic N) is 1. The molecule has 1 fully saturated rings. The summed E-state index contributed by atoms with van der Waals surface area (Å²) < 4.78 is 35.5. The largest absolute Gasteiger partial charge is 2.00 e. The van der Waals surface area contributed by atoms with Crippen LogP contribution in [0.4, 0.5) is 17.7 Å². The van der Waals surface area contributed by atoms with Gasteiger partial charge in [-0.3, -0.25) is 16.3 Å². The molecule has 0 spiro atoms. The van der Waals surface area contributed by atoms with Crippen LogP contribution in [0, 0.1) is 6.92 Å². The second-order valence-corrected chi connectivity index (χ2v) is 8.19. The molecule has 0 unspecified atom stereocenters. The fraction of sp³-hybridized carbons (Fsp3) is 0.276. The molecule has 1 saturated heterocycles. The van der Waals surface area contributed by atoms with Crippen molar-refractivity contribution in [1.29, 1.82) is 0 Å². The molecule has 39 heavy (non-hydrogen) atoms. The Morgan fingerprint density at radius 1 is 1.05 bits per heavy atom. The van der Waals surface area contributed by atoms with Crippen molar-refractivity contribution >= 4 is 29.9 Å². The summed E-state index contributed by atoms with van der Waals surface area (Å²) >= 11 is 3.59. The molecule has 0 radical (unpaired) electrons. The number of cyclic esters (lactones) is 1. The zero-order valence-electron chi connectivity index (χ0n) is 22.4. The number of benzene rings is 1. The van der Waals surface area contributed by atoms with Crippen molar-refractivity contribution in [1.82, 2.24) is 4.90 Å². The van der Waals surface area contributed by atoms with E-state index >= 15 is 0 Å². The van der Waals surface area contributed by atoms with Gasteiger partial charge in [-0.15, -0.1) is 0 Å². The Morgan fingerprint density at radius 3 is 1.87 bits per heavy atom. The van der Waals surface area contributed by atoms with E-state index in [2.05, 4.69) is 25.3 Å². The van der Waals surface area contributed by atoms with E-state index in [4.69, 9.17) is 4.74 Å². The van der Waals surface area contributed by atoms with Gasteiger partial charge >= 0.3 is 38.7 Å². The second kappa shape index (κ2) is 24.7. The molecule has 3 aromatic rings. The number of carbonyl (C=O) groups excluding carboxylic acids is 2. The first kappa shape index (κ1) is 38.8. The number of imide groups is 1. The zero-order valence-corrected chi connectivity index (χ0v) is 25.6. The van der Waals surface area contributed by atoms with Crippen LogP contribution in [0.15, 0.2) is 103 Å². The SMILES string of the molecule is C/C=C/C(=O)N1C(=O)OC[C@H]1c1ccccc1.F[B-](F)(F)Cl.[CH2-]CCCCC.[Zr+2].c1cc[cH-]c1.c1cc[cH-]c1. The maximum absolute atomic E-state index is 11.8. The molecule has 0 N–H and O–H groups in total. The Morgan fingerprint density at radius 2 is 1.54 bits per heavy atom. The van der Waals surface area contributed by atoms with Crippen molar-refractivity contribution in [3.8, 4) is 0 Å². The molecule has 10 heteroatoms. The van der Waals surface area contributed by atoms with E-state index in [1.807, 2.05) is 91.0 Å². The van der Waals surface area contributed by atoms with Crippen molar-refractivity contribution in [2.24, 2.45) is 0 Å². The van der Waals surface area contributed by atoms with Crippen LogP contribution >= 0.6 is 11.5 Å². The van der Waals surface area contributed by atoms with Crippen LogP contribution < -0.4 is 0 Å². The van der Waals surface area contributed by atoms with Gasteiger partial charge in [-0.1, -0.05) is 62.6 Å². The monoisotopic (exact) mass is 639 g/mol. The molecule has 0 aromatic heterocycles. The molecule has 1 atom stereocenters. The Balaban J connectivity index is 0. The van der Waals surface area contributed by atoms with Crippen LogP contribution in [-0.2, 0) is 35.7 Å². The van der Waals surface area contributed by atoms with Gasteiger partial charge in [0.05, 0.1) is 0 Å². The van der Waals surface area contributed by atoms with Gasteiger partial charge in [0.1, 0.15) is 12.6 Å². The Bertz CT molecular complexity index is 899. The van der Waals surface area contributed by atoms with Crippen LogP contribution in [0.2, 0.25) is 0 Å². The second-order valence-electron chi connectivity index (χ2n) is 7.69. The quantitative estimate of drug-likeness (QED) is 0.121. The normalized spacial score (nSPS) is 13.6. The number of allylic oxidation sites excluding steroid dienone is 1. The third-order valence-corrected chi connectivity index (χ3v) is 4.57. The Kier molecular flexibility index (Phi) is 24.5. The first-order valence-electron chi connectivity index (χ1n) is 12.3. The third kappa shape index (κ3) is 22.2. The first-order valence-corrected chi connectivity index (χ1v) is 12.8. The van der Waals surface area contributed by atoms with Gasteiger partial charge in [0.2, 0.25) is 0 Å². The standard InChI is InChI=1S/C13H13NO3.C6H13.2C5H5.BClF3.Zr/c1-2-6-12(15)14-11(9-17-13(14)16)10-7-4-3-5-8-10;1-3-5-6-4-2;2*1-2-4-5-3-1;2-1(3,4)5;/h2-8,11H,9H2,1H3;1,3-6H2,2H3;2*1-5H;;/q;4*-1;+2/b6-2+;;;;;/t11-;;;;;/m0...../s1. The van der Waals surface area contributed by atoms with E-state index in [1.165, 1.54) is 25.3 Å². The van der Waals surface area contributed by atoms with E-state index in [9.17, 15) is 22.5 Å². The molecule has 1 heterocycles. The maximum Gasteiger partial charge on any atom is 2.00 e. The summed E-state index contributed by atoms with van der Waals surface area (Å²) in [5.74, 6) is -0.344. The number of hydrogen-bond donors (Lipinski definition) is 0. The predicted octanol–water partition coefficient (Wildman–Crippen LogP) is 9.06. The van der Waals surface area contributed by atoms with Crippen molar-refractivity contribution in [2.45, 2.75) is 45.6 Å². The van der Waals surface area contributed by atoms with Crippen LogP contribution in [0.1, 0.15) is 51.1 Å². The van der Waals surface area contributed by atoms with Crippen LogP contribution in [-0.4, -0.2) is 29.9 Å². The molecule has 1 aliphatic heterocycles. The number of unbranched alkanes of at least 4 members (excludes halogenated alkanes) is 3. The Labute approximate surface area is 255 Å². The van der Waals surface area contributed by atoms with Gasteiger partial charge < -0.3 is 24.6 Å². The van der Waals surface area contributed by atoms with Crippen LogP contribution in [0.3, 0.4) is 0 Å². The summed E-state index contributed by atoms with van der Waals surface area (Å²) in [6, 6.07) is 29.1. The first-order chi connectivity index (χ1) is 18.2. The topological polar surface area (TPSA) is 46.6 Å². The fourth-order valence-electron chi connectivity index (χ4n) is 2.88. The van der Waals surface area contributed by atoms with Gasteiger partial charge in [0.15, 0.2) is 0 Å². The minimum atomic E-state index is -5.03. The summed E-state index contributed by atoms with van der Waals surface area (Å²) in [6.07, 6.45) is 2.43. The van der Waals surface area contributed by atoms with Gasteiger partial charge in [-0.25, -0.2) is 34.0 Å². The van der Waals surface area contributed by atoms with Crippen molar-refractivity contribution < 1.29 is 53.5 Å². The average Bonchev–Trinajstić information content (AvgIpc) is 3.68. The average molecular weight is 641 g/mol. The summed E-state index contributed by atoms with van der Waals surface area (Å²) in [7, 11) is 0. The summed E-state index contributed by atoms with van der Waals surface area (Å²) in [5.41, 5.74) is 0.899. The van der Waals surface area contributed by atoms with Gasteiger partial charge in [0.25, 0.3) is 5.91 Å². The van der Waals surface area contributed by atoms with E-state index < -0.39 is 12.5 Å². The molecule has 2 amide bonds. The fourth-order valence-corrected chi connectivity index (χ4v) is 2.88. The van der Waals surface area contributed by atoms with E-state index in [1.54, 1.807) is 13.0 Å². The zero-order chi connectivity index (χ0) is 28.7. The van der Waals surface area contributed by atoms with Crippen molar-refractivity contribution in [3.05, 3.63) is 116 Å². The number of halogens is 4. The number of amides is 2. The summed E-state index contributed by atoms with van der Waals surface area (Å²) in [5, 5.41) is 0. The van der Waals surface area contributed by atoms with Crippen molar-refractivity contribution in [2.75, 3.05) is 6.61 Å². The van der Waals surface area contributed by atoms with Crippen LogP contribution in [0.25, 0.3) is 0 Å². The van der Waals surface area contributed by atoms with E-state index in [0.29, 0.717) is 0 Å². The molecule has 0 bridgehead atoms. The van der Waals surface area contributed by atoms with Gasteiger partial charge in [0, 0.05) is 0 Å². The molecule has 212 valence electrons. The number of rotatable bonds is 5. The molecular formula is C29H36BClF3NO3Zr-2. The molecule has 4 rings (SSSR count). The van der Waals surface area contributed by atoms with Gasteiger partial charge in [-0.05, 0) is 18.6 Å². The van der Waals surface area contributed by atoms with Crippen LogP contribution in [0.5, 0.6) is 0 Å². The molecule has 1 aliphatic rings. The smallest absolute Gasteiger partial charge is 0.446 e. The van der Waals surface area contributed by atoms with E-state index in [0.717, 1.165) is 16.9 Å². The summed E-state index contributed by atoms with van der Waals surface area (Å²) in [6.45, 7) is 7.87. The third-order valence-electron chi connectivity index (χ3n) is 4.57. The minimum absolute atomic E-state index is 0. The number of hydrogen-bond acceptors (Lipinski definition) is 3. The molecule has 3 aromatic carbocycles. The number of ether oxygens (including phenoxy) is 1. The molecule has 4 nitrogen and oxygen atoms in total. The summed E-state index contributed by atoms with van der Waals surface area (Å²) in [4.78, 5) is 24.4.